The van der Waals surface area contributed by atoms with Gasteiger partial charge in [0.25, 0.3) is 5.91 Å². The quantitative estimate of drug-likeness (QED) is 0.758. The smallest absolute Gasteiger partial charge is 0.251 e. The normalized spacial score (nSPS) is 13.8. The van der Waals surface area contributed by atoms with Gasteiger partial charge >= 0.3 is 0 Å². The van der Waals surface area contributed by atoms with Crippen molar-refractivity contribution >= 4 is 16.8 Å². The van der Waals surface area contributed by atoms with Gasteiger partial charge in [0.2, 0.25) is 0 Å². The Morgan fingerprint density at radius 2 is 2.08 bits per heavy atom. The molecule has 5 heteroatoms. The number of aryl methyl sites for hydroxylation is 4. The summed E-state index contributed by atoms with van der Waals surface area (Å²) in [6.07, 6.45) is 5.52. The lowest BCUT2D eigenvalue weighted by molar-refractivity contribution is 0.0954. The molecule has 1 aliphatic rings. The van der Waals surface area contributed by atoms with Crippen LogP contribution in [-0.4, -0.2) is 27.2 Å². The van der Waals surface area contributed by atoms with E-state index in [1.165, 1.54) is 35.0 Å². The predicted octanol–water partition coefficient (Wildman–Crippen LogP) is 3.37. The topological polar surface area (TPSA) is 62.7 Å². The molecular weight excluding hydrogens is 324 g/mol. The molecule has 0 atom stereocenters. The number of hydrogen-bond acceptors (Lipinski definition) is 2. The van der Waals surface area contributed by atoms with Crippen molar-refractivity contribution in [3.63, 3.8) is 0 Å². The van der Waals surface area contributed by atoms with Gasteiger partial charge in [-0.2, -0.15) is 5.10 Å². The molecule has 26 heavy (non-hydrogen) atoms. The third-order valence-electron chi connectivity index (χ3n) is 5.68. The summed E-state index contributed by atoms with van der Waals surface area (Å²) >= 11 is 0. The van der Waals surface area contributed by atoms with E-state index in [0.29, 0.717) is 6.54 Å². The fraction of sp³-hybridized carbons (Fsp3) is 0.429. The van der Waals surface area contributed by atoms with Crippen LogP contribution in [0.2, 0.25) is 0 Å². The van der Waals surface area contributed by atoms with E-state index >= 15 is 0 Å². The molecule has 0 saturated heterocycles. The van der Waals surface area contributed by atoms with E-state index in [4.69, 9.17) is 0 Å². The number of amides is 1. The van der Waals surface area contributed by atoms with Crippen molar-refractivity contribution in [2.24, 2.45) is 7.05 Å². The maximum Gasteiger partial charge on any atom is 0.251 e. The molecule has 2 aromatic heterocycles. The maximum atomic E-state index is 12.6. The largest absolute Gasteiger partial charge is 0.358 e. The van der Waals surface area contributed by atoms with E-state index in [1.807, 2.05) is 36.9 Å². The molecule has 1 aromatic carbocycles. The molecule has 1 amide bonds. The van der Waals surface area contributed by atoms with Gasteiger partial charge in [-0.25, -0.2) is 0 Å². The van der Waals surface area contributed by atoms with Crippen LogP contribution in [0.4, 0.5) is 0 Å². The number of aromatic amines is 1. The summed E-state index contributed by atoms with van der Waals surface area (Å²) in [5.41, 5.74) is 8.08. The summed E-state index contributed by atoms with van der Waals surface area (Å²) in [5, 5.41) is 8.71. The number of benzene rings is 1. The maximum absolute atomic E-state index is 12.6. The van der Waals surface area contributed by atoms with E-state index in [-0.39, 0.29) is 5.91 Å². The van der Waals surface area contributed by atoms with Gasteiger partial charge in [0.15, 0.2) is 0 Å². The van der Waals surface area contributed by atoms with Gasteiger partial charge in [0.1, 0.15) is 0 Å². The molecule has 0 aliphatic heterocycles. The van der Waals surface area contributed by atoms with Crippen molar-refractivity contribution in [3.05, 3.63) is 52.0 Å². The number of H-pyrrole nitrogens is 1. The lowest BCUT2D eigenvalue weighted by Crippen LogP contribution is -2.25. The Labute approximate surface area is 153 Å². The fourth-order valence-electron chi connectivity index (χ4n) is 4.13. The highest BCUT2D eigenvalue weighted by Gasteiger charge is 2.17. The minimum absolute atomic E-state index is 0.00291. The Morgan fingerprint density at radius 3 is 2.85 bits per heavy atom. The third kappa shape index (κ3) is 2.91. The molecule has 4 rings (SSSR count). The third-order valence-corrected chi connectivity index (χ3v) is 5.68. The Morgan fingerprint density at radius 1 is 1.27 bits per heavy atom. The van der Waals surface area contributed by atoms with E-state index in [9.17, 15) is 4.79 Å². The Kier molecular flexibility index (Phi) is 4.31. The lowest BCUT2D eigenvalue weighted by atomic mass is 9.95. The zero-order valence-electron chi connectivity index (χ0n) is 15.8. The number of hydrogen-bond donors (Lipinski definition) is 2. The van der Waals surface area contributed by atoms with Gasteiger partial charge in [0, 0.05) is 41.4 Å². The van der Waals surface area contributed by atoms with Crippen molar-refractivity contribution in [1.29, 1.82) is 0 Å². The van der Waals surface area contributed by atoms with Gasteiger partial charge in [0.05, 0.1) is 5.69 Å². The summed E-state index contributed by atoms with van der Waals surface area (Å²) in [6.45, 7) is 4.71. The Hall–Kier alpha value is -2.56. The molecule has 2 heterocycles. The second kappa shape index (κ2) is 6.63. The molecule has 0 bridgehead atoms. The summed E-state index contributed by atoms with van der Waals surface area (Å²) in [6, 6.07) is 6.00. The van der Waals surface area contributed by atoms with Gasteiger partial charge in [-0.15, -0.1) is 0 Å². The number of fused-ring (bicyclic) bond motifs is 3. The highest BCUT2D eigenvalue weighted by Crippen LogP contribution is 2.29. The SMILES string of the molecule is Cc1nn(C)c(C)c1CCNC(=O)c1ccc2[nH]c3c(c2c1)CCCC3. The van der Waals surface area contributed by atoms with Crippen LogP contribution in [-0.2, 0) is 26.3 Å². The van der Waals surface area contributed by atoms with Crippen LogP contribution in [0.1, 0.15) is 51.4 Å². The molecule has 0 fully saturated rings. The van der Waals surface area contributed by atoms with Crippen LogP contribution >= 0.6 is 0 Å². The van der Waals surface area contributed by atoms with Gasteiger partial charge in [-0.05, 0) is 75.3 Å². The van der Waals surface area contributed by atoms with Crippen molar-refractivity contribution in [2.45, 2.75) is 46.0 Å². The Bertz CT molecular complexity index is 980. The fourth-order valence-corrected chi connectivity index (χ4v) is 4.13. The van der Waals surface area contributed by atoms with E-state index in [0.717, 1.165) is 41.7 Å². The van der Waals surface area contributed by atoms with Crippen molar-refractivity contribution in [3.8, 4) is 0 Å². The Balaban J connectivity index is 1.48. The van der Waals surface area contributed by atoms with Crippen LogP contribution in [0.15, 0.2) is 18.2 Å². The predicted molar refractivity (Wildman–Crippen MR) is 104 cm³/mol. The number of rotatable bonds is 4. The zero-order valence-corrected chi connectivity index (χ0v) is 15.8. The van der Waals surface area contributed by atoms with Crippen molar-refractivity contribution < 1.29 is 4.79 Å². The first-order valence-corrected chi connectivity index (χ1v) is 9.45. The highest BCUT2D eigenvalue weighted by molar-refractivity contribution is 5.99. The van der Waals surface area contributed by atoms with Crippen LogP contribution < -0.4 is 5.32 Å². The first-order valence-electron chi connectivity index (χ1n) is 9.45. The van der Waals surface area contributed by atoms with Crippen LogP contribution in [0.25, 0.3) is 10.9 Å². The number of aromatic nitrogens is 3. The van der Waals surface area contributed by atoms with Gasteiger partial charge < -0.3 is 10.3 Å². The second-order valence-corrected chi connectivity index (χ2v) is 7.33. The van der Waals surface area contributed by atoms with Crippen LogP contribution in [0.5, 0.6) is 0 Å². The average Bonchev–Trinajstić information content (AvgIpc) is 3.12. The first kappa shape index (κ1) is 16.9. The van der Waals surface area contributed by atoms with Crippen LogP contribution in [0.3, 0.4) is 0 Å². The molecule has 0 saturated carbocycles. The lowest BCUT2D eigenvalue weighted by Gasteiger charge is -2.10. The molecule has 136 valence electrons. The van der Waals surface area contributed by atoms with Gasteiger partial charge in [-0.3, -0.25) is 9.48 Å². The number of carbonyl (C=O) groups excluding carboxylic acids is 1. The standard InChI is InChI=1S/C21H26N4O/c1-13-16(14(2)25(3)24-13)10-11-22-21(26)15-8-9-20-18(12-15)17-6-4-5-7-19(17)23-20/h8-9,12,23H,4-7,10-11H2,1-3H3,(H,22,26). The zero-order chi connectivity index (χ0) is 18.3. The number of carbonyl (C=O) groups is 1. The molecule has 1 aliphatic carbocycles. The molecule has 2 N–H and O–H groups in total. The molecule has 5 nitrogen and oxygen atoms in total. The molecule has 0 spiro atoms. The summed E-state index contributed by atoms with van der Waals surface area (Å²) in [7, 11) is 1.96. The highest BCUT2D eigenvalue weighted by atomic mass is 16.1. The molecular formula is C21H26N4O. The van der Waals surface area contributed by atoms with E-state index in [1.54, 1.807) is 0 Å². The summed E-state index contributed by atoms with van der Waals surface area (Å²) in [4.78, 5) is 16.1. The molecule has 0 radical (unpaired) electrons. The number of nitrogens with one attached hydrogen (secondary N) is 2. The van der Waals surface area contributed by atoms with Crippen LogP contribution in [0, 0.1) is 13.8 Å². The molecule has 0 unspecified atom stereocenters. The van der Waals surface area contributed by atoms with Crippen molar-refractivity contribution in [1.82, 2.24) is 20.1 Å². The molecule has 3 aromatic rings. The van der Waals surface area contributed by atoms with E-state index < -0.39 is 0 Å². The summed E-state index contributed by atoms with van der Waals surface area (Å²) in [5.74, 6) is -0.00291. The van der Waals surface area contributed by atoms with Gasteiger partial charge in [-0.1, -0.05) is 0 Å². The second-order valence-electron chi connectivity index (χ2n) is 7.33. The first-order chi connectivity index (χ1) is 12.5. The van der Waals surface area contributed by atoms with E-state index in [2.05, 4.69) is 22.3 Å². The average molecular weight is 350 g/mol. The monoisotopic (exact) mass is 350 g/mol. The van der Waals surface area contributed by atoms with Crippen molar-refractivity contribution in [2.75, 3.05) is 6.54 Å². The number of nitrogens with zero attached hydrogens (tertiary/aromatic N) is 2. The summed E-state index contributed by atoms with van der Waals surface area (Å²) < 4.78 is 1.90. The minimum atomic E-state index is -0.00291. The minimum Gasteiger partial charge on any atom is -0.358 e.